The predicted molar refractivity (Wildman–Crippen MR) is 71.8 cm³/mol. The highest BCUT2D eigenvalue weighted by Gasteiger charge is 2.30. The van der Waals surface area contributed by atoms with Crippen LogP contribution in [0.4, 0.5) is 0 Å². The number of hydrogen-bond acceptors (Lipinski definition) is 5. The van der Waals surface area contributed by atoms with Gasteiger partial charge in [-0.25, -0.2) is 0 Å². The molecule has 2 unspecified atom stereocenters. The normalized spacial score (nSPS) is 21.4. The third-order valence-corrected chi connectivity index (χ3v) is 3.41. The summed E-state index contributed by atoms with van der Waals surface area (Å²) in [5, 5.41) is 19.4. The SMILES string of the molecule is COc1cccc(C(O)CN2CCOCC2C(=O)O)c1. The summed E-state index contributed by atoms with van der Waals surface area (Å²) >= 11 is 0. The summed E-state index contributed by atoms with van der Waals surface area (Å²) in [6, 6.07) is 6.43. The van der Waals surface area contributed by atoms with Gasteiger partial charge in [0.2, 0.25) is 0 Å². The molecule has 20 heavy (non-hydrogen) atoms. The molecule has 1 aromatic rings. The summed E-state index contributed by atoms with van der Waals surface area (Å²) in [4.78, 5) is 12.9. The lowest BCUT2D eigenvalue weighted by Gasteiger charge is -2.34. The monoisotopic (exact) mass is 281 g/mol. The highest BCUT2D eigenvalue weighted by atomic mass is 16.5. The van der Waals surface area contributed by atoms with Gasteiger partial charge in [-0.2, -0.15) is 0 Å². The summed E-state index contributed by atoms with van der Waals surface area (Å²) in [7, 11) is 1.56. The van der Waals surface area contributed by atoms with Gasteiger partial charge in [-0.1, -0.05) is 12.1 Å². The molecule has 2 N–H and O–H groups in total. The van der Waals surface area contributed by atoms with Crippen LogP contribution in [0, 0.1) is 0 Å². The maximum Gasteiger partial charge on any atom is 0.323 e. The number of carbonyl (C=O) groups is 1. The molecule has 0 aliphatic carbocycles. The number of hydrogen-bond donors (Lipinski definition) is 2. The van der Waals surface area contributed by atoms with Gasteiger partial charge in [0, 0.05) is 13.1 Å². The number of ether oxygens (including phenoxy) is 2. The Balaban J connectivity index is 2.05. The van der Waals surface area contributed by atoms with Crippen molar-refractivity contribution < 1.29 is 24.5 Å². The van der Waals surface area contributed by atoms with Gasteiger partial charge in [0.1, 0.15) is 11.8 Å². The zero-order valence-corrected chi connectivity index (χ0v) is 11.4. The first kappa shape index (κ1) is 14.8. The van der Waals surface area contributed by atoms with Crippen LogP contribution in [0.5, 0.6) is 5.75 Å². The zero-order chi connectivity index (χ0) is 14.5. The molecule has 6 heteroatoms. The van der Waals surface area contributed by atoms with Gasteiger partial charge in [0.15, 0.2) is 0 Å². The van der Waals surface area contributed by atoms with Gasteiger partial charge in [-0.3, -0.25) is 9.69 Å². The largest absolute Gasteiger partial charge is 0.497 e. The zero-order valence-electron chi connectivity index (χ0n) is 11.4. The van der Waals surface area contributed by atoms with Gasteiger partial charge in [0.25, 0.3) is 0 Å². The van der Waals surface area contributed by atoms with Gasteiger partial charge in [0.05, 0.1) is 26.4 Å². The van der Waals surface area contributed by atoms with E-state index in [1.807, 2.05) is 0 Å². The Morgan fingerprint density at radius 2 is 2.40 bits per heavy atom. The Morgan fingerprint density at radius 3 is 3.10 bits per heavy atom. The summed E-state index contributed by atoms with van der Waals surface area (Å²) in [6.07, 6.45) is -0.759. The van der Waals surface area contributed by atoms with Crippen LogP contribution in [0.25, 0.3) is 0 Å². The lowest BCUT2D eigenvalue weighted by Crippen LogP contribution is -2.51. The highest BCUT2D eigenvalue weighted by Crippen LogP contribution is 2.21. The summed E-state index contributed by atoms with van der Waals surface area (Å²) in [5.74, 6) is -0.263. The number of aliphatic hydroxyl groups excluding tert-OH is 1. The molecule has 1 heterocycles. The van der Waals surface area contributed by atoms with E-state index < -0.39 is 18.1 Å². The van der Waals surface area contributed by atoms with E-state index in [2.05, 4.69) is 0 Å². The fourth-order valence-electron chi connectivity index (χ4n) is 2.26. The standard InChI is InChI=1S/C14H19NO5/c1-19-11-4-2-3-10(7-11)13(16)8-15-5-6-20-9-12(15)14(17)18/h2-4,7,12-13,16H,5-6,8-9H2,1H3,(H,17,18). The molecule has 1 fully saturated rings. The van der Waals surface area contributed by atoms with Gasteiger partial charge in [-0.05, 0) is 17.7 Å². The van der Waals surface area contributed by atoms with Crippen molar-refractivity contribution in [1.29, 1.82) is 0 Å². The van der Waals surface area contributed by atoms with E-state index >= 15 is 0 Å². The fourth-order valence-corrected chi connectivity index (χ4v) is 2.26. The Kier molecular flexibility index (Phi) is 4.94. The molecule has 1 saturated heterocycles. The first-order valence-corrected chi connectivity index (χ1v) is 6.48. The van der Waals surface area contributed by atoms with Crippen LogP contribution >= 0.6 is 0 Å². The van der Waals surface area contributed by atoms with Crippen LogP contribution in [-0.4, -0.2) is 60.5 Å². The molecule has 1 aliphatic heterocycles. The molecule has 0 radical (unpaired) electrons. The molecule has 2 atom stereocenters. The number of nitrogens with zero attached hydrogens (tertiary/aromatic N) is 1. The molecule has 1 aliphatic rings. The van der Waals surface area contributed by atoms with Crippen LogP contribution in [0.3, 0.4) is 0 Å². The first-order chi connectivity index (χ1) is 9.61. The highest BCUT2D eigenvalue weighted by molar-refractivity contribution is 5.73. The second kappa shape index (κ2) is 6.69. The average Bonchev–Trinajstić information content (AvgIpc) is 2.47. The van der Waals surface area contributed by atoms with Crippen LogP contribution in [0.1, 0.15) is 11.7 Å². The molecular formula is C14H19NO5. The minimum Gasteiger partial charge on any atom is -0.497 e. The second-order valence-electron chi connectivity index (χ2n) is 4.72. The molecule has 2 rings (SSSR count). The number of carboxylic acid groups (broad SMARTS) is 1. The van der Waals surface area contributed by atoms with Gasteiger partial charge < -0.3 is 19.7 Å². The van der Waals surface area contributed by atoms with Crippen molar-refractivity contribution in [1.82, 2.24) is 4.90 Å². The minimum absolute atomic E-state index is 0.153. The third kappa shape index (κ3) is 3.47. The van der Waals surface area contributed by atoms with E-state index in [9.17, 15) is 9.90 Å². The smallest absolute Gasteiger partial charge is 0.323 e. The van der Waals surface area contributed by atoms with Crippen molar-refractivity contribution in [3.05, 3.63) is 29.8 Å². The van der Waals surface area contributed by atoms with Crippen molar-refractivity contribution in [3.63, 3.8) is 0 Å². The molecule has 0 bridgehead atoms. The molecular weight excluding hydrogens is 262 g/mol. The third-order valence-electron chi connectivity index (χ3n) is 3.41. The van der Waals surface area contributed by atoms with E-state index in [-0.39, 0.29) is 13.2 Å². The topological polar surface area (TPSA) is 79.2 Å². The summed E-state index contributed by atoms with van der Waals surface area (Å²) in [6.45, 7) is 1.39. The number of aliphatic hydroxyl groups is 1. The van der Waals surface area contributed by atoms with Crippen molar-refractivity contribution in [2.45, 2.75) is 12.1 Å². The van der Waals surface area contributed by atoms with Gasteiger partial charge >= 0.3 is 5.97 Å². The minimum atomic E-state index is -0.928. The molecule has 0 aromatic heterocycles. The van der Waals surface area contributed by atoms with Crippen LogP contribution in [0.15, 0.2) is 24.3 Å². The molecule has 0 spiro atoms. The number of benzene rings is 1. The average molecular weight is 281 g/mol. The van der Waals surface area contributed by atoms with E-state index in [0.717, 1.165) is 0 Å². The maximum absolute atomic E-state index is 11.2. The molecule has 1 aromatic carbocycles. The number of morpholine rings is 1. The lowest BCUT2D eigenvalue weighted by atomic mass is 10.1. The number of β-amino-alcohol motifs (C(OH)–C–C–N with tert-alkyl or cyclic N) is 1. The number of aliphatic carboxylic acids is 1. The van der Waals surface area contributed by atoms with E-state index in [4.69, 9.17) is 14.6 Å². The van der Waals surface area contributed by atoms with Crippen LogP contribution in [0.2, 0.25) is 0 Å². The van der Waals surface area contributed by atoms with Gasteiger partial charge in [-0.15, -0.1) is 0 Å². The predicted octanol–water partition coefficient (Wildman–Crippen LogP) is 0.514. The Morgan fingerprint density at radius 1 is 1.60 bits per heavy atom. The Bertz CT molecular complexity index is 465. The number of carboxylic acids is 1. The molecule has 6 nitrogen and oxygen atoms in total. The second-order valence-corrected chi connectivity index (χ2v) is 4.72. The summed E-state index contributed by atoms with van der Waals surface area (Å²) < 4.78 is 10.3. The quantitative estimate of drug-likeness (QED) is 0.819. The van der Waals surface area contributed by atoms with Crippen molar-refractivity contribution in [2.24, 2.45) is 0 Å². The first-order valence-electron chi connectivity index (χ1n) is 6.48. The number of methoxy groups -OCH3 is 1. The van der Waals surface area contributed by atoms with E-state index in [1.54, 1.807) is 36.3 Å². The molecule has 0 saturated carbocycles. The Hall–Kier alpha value is -1.63. The van der Waals surface area contributed by atoms with Crippen molar-refractivity contribution >= 4 is 5.97 Å². The number of rotatable bonds is 5. The lowest BCUT2D eigenvalue weighted by molar-refractivity contribution is -0.150. The summed E-state index contributed by atoms with van der Waals surface area (Å²) in [5.41, 5.74) is 0.708. The molecule has 0 amide bonds. The van der Waals surface area contributed by atoms with Crippen molar-refractivity contribution in [3.8, 4) is 5.75 Å². The van der Waals surface area contributed by atoms with Crippen LogP contribution < -0.4 is 4.74 Å². The maximum atomic E-state index is 11.2. The fraction of sp³-hybridized carbons (Fsp3) is 0.500. The molecule has 110 valence electrons. The van der Waals surface area contributed by atoms with E-state index in [1.165, 1.54) is 0 Å². The van der Waals surface area contributed by atoms with Crippen molar-refractivity contribution in [2.75, 3.05) is 33.4 Å². The van der Waals surface area contributed by atoms with Crippen LogP contribution in [-0.2, 0) is 9.53 Å². The Labute approximate surface area is 117 Å². The van der Waals surface area contributed by atoms with E-state index in [0.29, 0.717) is 24.5 Å².